The van der Waals surface area contributed by atoms with Crippen molar-refractivity contribution in [1.29, 1.82) is 0 Å². The summed E-state index contributed by atoms with van der Waals surface area (Å²) in [6, 6.07) is 0. The van der Waals surface area contributed by atoms with Crippen LogP contribution in [0.15, 0.2) is 23.7 Å². The summed E-state index contributed by atoms with van der Waals surface area (Å²) < 4.78 is 12.6. The lowest BCUT2D eigenvalue weighted by Gasteiger charge is -2.18. The Balaban J connectivity index is 2.68. The van der Waals surface area contributed by atoms with Gasteiger partial charge in [0, 0.05) is 17.0 Å². The van der Waals surface area contributed by atoms with Crippen LogP contribution in [0.4, 0.5) is 4.39 Å². The second-order valence-corrected chi connectivity index (χ2v) is 2.80. The van der Waals surface area contributed by atoms with E-state index in [0.717, 1.165) is 11.0 Å². The maximum atomic E-state index is 12.6. The summed E-state index contributed by atoms with van der Waals surface area (Å²) in [6.07, 6.45) is 3.24. The normalized spacial score (nSPS) is 24.8. The molecule has 0 bridgehead atoms. The number of rotatable bonds is 1. The lowest BCUT2D eigenvalue weighted by atomic mass is 9.93. The molecule has 1 heterocycles. The number of hydrogen-bond donors (Lipinski definition) is 1. The number of nitrogens with one attached hydrogen (secondary N) is 1. The van der Waals surface area contributed by atoms with Crippen LogP contribution in [0.3, 0.4) is 0 Å². The zero-order valence-electron chi connectivity index (χ0n) is 5.70. The van der Waals surface area contributed by atoms with E-state index in [1.807, 2.05) is 0 Å². The second-order valence-electron chi connectivity index (χ2n) is 2.24. The fourth-order valence-corrected chi connectivity index (χ4v) is 1.15. The Morgan fingerprint density at radius 1 is 1.70 bits per heavy atom. The topological polar surface area (TPSA) is 12.0 Å². The number of halogens is 2. The maximum absolute atomic E-state index is 12.6. The van der Waals surface area contributed by atoms with E-state index in [-0.39, 0.29) is 11.8 Å². The van der Waals surface area contributed by atoms with Crippen molar-refractivity contribution in [2.24, 2.45) is 0 Å². The molecule has 0 fully saturated rings. The number of allylic oxidation sites excluding steroid dienone is 3. The fourth-order valence-electron chi connectivity index (χ4n) is 0.803. The maximum Gasteiger partial charge on any atom is 0.139 e. The van der Waals surface area contributed by atoms with Crippen LogP contribution < -0.4 is 5.32 Å². The van der Waals surface area contributed by atoms with E-state index in [4.69, 9.17) is 0 Å². The first kappa shape index (κ1) is 7.86. The van der Waals surface area contributed by atoms with Gasteiger partial charge in [0.15, 0.2) is 0 Å². The Morgan fingerprint density at radius 3 is 2.90 bits per heavy atom. The minimum Gasteiger partial charge on any atom is -0.386 e. The predicted octanol–water partition coefficient (Wildman–Crippen LogP) is 0.681. The Bertz CT molecular complexity index is 190. The molecule has 54 valence electrons. The van der Waals surface area contributed by atoms with Crippen molar-refractivity contribution >= 4 is 23.8 Å². The first-order valence-electron chi connectivity index (χ1n) is 3.13. The lowest BCUT2D eigenvalue weighted by molar-refractivity contribution is 0.561. The Morgan fingerprint density at radius 2 is 2.40 bits per heavy atom. The molecule has 1 atom stereocenters. The van der Waals surface area contributed by atoms with Gasteiger partial charge in [0.2, 0.25) is 0 Å². The molecular weight excluding hydrogens is 196 g/mol. The highest BCUT2D eigenvalue weighted by Gasteiger charge is 2.11. The summed E-state index contributed by atoms with van der Waals surface area (Å²) in [4.78, 5) is 0. The van der Waals surface area contributed by atoms with Gasteiger partial charge in [-0.25, -0.2) is 4.39 Å². The first-order valence-corrected chi connectivity index (χ1v) is 4.25. The second kappa shape index (κ2) is 3.24. The molecular formula is C6H8BBrFN. The van der Waals surface area contributed by atoms with Gasteiger partial charge in [-0.05, 0) is 12.2 Å². The molecule has 1 nitrogen and oxygen atoms in total. The van der Waals surface area contributed by atoms with Crippen molar-refractivity contribution in [3.8, 4) is 0 Å². The molecule has 1 aliphatic heterocycles. The van der Waals surface area contributed by atoms with Crippen molar-refractivity contribution in [1.82, 2.24) is 5.32 Å². The smallest absolute Gasteiger partial charge is 0.139 e. The van der Waals surface area contributed by atoms with Gasteiger partial charge in [-0.2, -0.15) is 0 Å². The van der Waals surface area contributed by atoms with Gasteiger partial charge in [-0.15, -0.1) is 0 Å². The monoisotopic (exact) mass is 203 g/mol. The standard InChI is InChI=1S/C6H8BBrFN/c7-6-5(9)2-1-4(3-8)10-6/h1-2,6,10H,3,7H2. The molecule has 0 saturated heterocycles. The third-order valence-corrected chi connectivity index (χ3v) is 2.01. The van der Waals surface area contributed by atoms with E-state index >= 15 is 0 Å². The molecule has 0 aromatic carbocycles. The summed E-state index contributed by atoms with van der Waals surface area (Å²) >= 11 is 3.28. The molecule has 0 aromatic heterocycles. The zero-order chi connectivity index (χ0) is 7.56. The number of hydrogen-bond acceptors (Lipinski definition) is 1. The van der Waals surface area contributed by atoms with Gasteiger partial charge >= 0.3 is 0 Å². The van der Waals surface area contributed by atoms with Crippen LogP contribution in [0.2, 0.25) is 0 Å². The van der Waals surface area contributed by atoms with Gasteiger partial charge in [-0.1, -0.05) is 15.9 Å². The third-order valence-electron chi connectivity index (χ3n) is 1.40. The van der Waals surface area contributed by atoms with Crippen molar-refractivity contribution in [2.75, 3.05) is 5.33 Å². The minimum absolute atomic E-state index is 0.107. The largest absolute Gasteiger partial charge is 0.386 e. The van der Waals surface area contributed by atoms with Crippen molar-refractivity contribution in [2.45, 2.75) is 5.94 Å². The minimum atomic E-state index is -0.169. The molecule has 1 aliphatic rings. The molecule has 0 aromatic rings. The summed E-state index contributed by atoms with van der Waals surface area (Å²) in [6.45, 7) is 0. The third kappa shape index (κ3) is 1.63. The summed E-state index contributed by atoms with van der Waals surface area (Å²) in [5.41, 5.74) is 1.02. The van der Waals surface area contributed by atoms with Crippen molar-refractivity contribution in [3.63, 3.8) is 0 Å². The van der Waals surface area contributed by atoms with E-state index in [1.54, 1.807) is 13.9 Å². The van der Waals surface area contributed by atoms with E-state index in [9.17, 15) is 4.39 Å². The van der Waals surface area contributed by atoms with Crippen LogP contribution in [0, 0.1) is 0 Å². The fraction of sp³-hybridized carbons (Fsp3) is 0.333. The molecule has 1 unspecified atom stereocenters. The van der Waals surface area contributed by atoms with Gasteiger partial charge in [0.1, 0.15) is 13.7 Å². The SMILES string of the molecule is BC1NC(CBr)=CC=C1F. The highest BCUT2D eigenvalue weighted by Crippen LogP contribution is 2.10. The molecule has 0 spiro atoms. The van der Waals surface area contributed by atoms with Crippen LogP contribution in [0.5, 0.6) is 0 Å². The van der Waals surface area contributed by atoms with Crippen molar-refractivity contribution in [3.05, 3.63) is 23.7 Å². The summed E-state index contributed by atoms with van der Waals surface area (Å²) in [5, 5.41) is 3.74. The zero-order valence-corrected chi connectivity index (χ0v) is 7.28. The molecule has 0 saturated carbocycles. The van der Waals surface area contributed by atoms with Gasteiger partial charge in [0.05, 0.1) is 0 Å². The Kier molecular flexibility index (Phi) is 2.54. The highest BCUT2D eigenvalue weighted by molar-refractivity contribution is 9.09. The first-order chi connectivity index (χ1) is 4.74. The number of dihydropyridines is 1. The predicted molar refractivity (Wildman–Crippen MR) is 46.5 cm³/mol. The molecule has 0 amide bonds. The van der Waals surface area contributed by atoms with Crippen LogP contribution >= 0.6 is 15.9 Å². The molecule has 1 N–H and O–H groups in total. The summed E-state index contributed by atoms with van der Waals surface area (Å²) in [7, 11) is 1.79. The molecule has 0 radical (unpaired) electrons. The molecule has 1 rings (SSSR count). The highest BCUT2D eigenvalue weighted by atomic mass is 79.9. The summed E-state index contributed by atoms with van der Waals surface area (Å²) in [5.74, 6) is -0.276. The number of alkyl halides is 1. The van der Waals surface area contributed by atoms with Crippen LogP contribution in [0.25, 0.3) is 0 Å². The van der Waals surface area contributed by atoms with E-state index < -0.39 is 0 Å². The molecule has 4 heteroatoms. The quantitative estimate of drug-likeness (QED) is 0.489. The molecule has 0 aliphatic carbocycles. The Labute approximate surface area is 68.9 Å². The Hall–Kier alpha value is -0.245. The van der Waals surface area contributed by atoms with E-state index in [2.05, 4.69) is 21.2 Å². The molecule has 10 heavy (non-hydrogen) atoms. The van der Waals surface area contributed by atoms with Gasteiger partial charge < -0.3 is 5.32 Å². The lowest BCUT2D eigenvalue weighted by Crippen LogP contribution is -2.32. The van der Waals surface area contributed by atoms with Crippen molar-refractivity contribution < 1.29 is 4.39 Å². The van der Waals surface area contributed by atoms with Crippen LogP contribution in [0.1, 0.15) is 0 Å². The van der Waals surface area contributed by atoms with Crippen LogP contribution in [-0.4, -0.2) is 19.1 Å². The van der Waals surface area contributed by atoms with Gasteiger partial charge in [0.25, 0.3) is 0 Å². The van der Waals surface area contributed by atoms with E-state index in [1.165, 1.54) is 6.08 Å². The van der Waals surface area contributed by atoms with Crippen LogP contribution in [-0.2, 0) is 0 Å². The average Bonchev–Trinajstić information content (AvgIpc) is 1.95. The van der Waals surface area contributed by atoms with Gasteiger partial charge in [-0.3, -0.25) is 0 Å². The average molecular weight is 204 g/mol. The van der Waals surface area contributed by atoms with E-state index in [0.29, 0.717) is 0 Å².